The van der Waals surface area contributed by atoms with Gasteiger partial charge in [-0.2, -0.15) is 0 Å². The van der Waals surface area contributed by atoms with Crippen LogP contribution in [0.25, 0.3) is 0 Å². The molecule has 0 rings (SSSR count). The lowest BCUT2D eigenvalue weighted by molar-refractivity contribution is 0.773. The fourth-order valence-electron chi connectivity index (χ4n) is 3.71. The van der Waals surface area contributed by atoms with E-state index in [4.69, 9.17) is 0 Å². The van der Waals surface area contributed by atoms with E-state index in [1.54, 1.807) is 0 Å². The fourth-order valence-corrected chi connectivity index (χ4v) is 28.5. The van der Waals surface area contributed by atoms with Crippen molar-refractivity contribution in [3.05, 3.63) is 0 Å². The van der Waals surface area contributed by atoms with Crippen LogP contribution in [0.5, 0.6) is 0 Å². The molecule has 0 N–H and O–H groups in total. The summed E-state index contributed by atoms with van der Waals surface area (Å²) in [5.41, 5.74) is 2.21. The fraction of sp³-hybridized carbons (Fsp3) is 1.00. The Labute approximate surface area is 216 Å². The van der Waals surface area contributed by atoms with Crippen molar-refractivity contribution in [1.29, 1.82) is 0 Å². The van der Waals surface area contributed by atoms with Gasteiger partial charge in [0, 0.05) is 11.5 Å². The van der Waals surface area contributed by atoms with E-state index in [0.29, 0.717) is 0 Å². The standard InChI is InChI=1S/C22H52S6Si2/c1-7-17-27(18-8-2)29-21(11-5)13-15-23-25-26-24-16-14-22(12-6)30-28(19-9-3)20-10-4/h21-22H,7-20,29-30H2,1-6H3/q+2. The largest absolute Gasteiger partial charge is 0.269 e. The van der Waals surface area contributed by atoms with E-state index in [0.717, 1.165) is 31.8 Å². The van der Waals surface area contributed by atoms with Crippen molar-refractivity contribution in [2.24, 2.45) is 0 Å². The molecule has 8 heteroatoms. The van der Waals surface area contributed by atoms with Gasteiger partial charge in [-0.25, -0.2) is 0 Å². The lowest BCUT2D eigenvalue weighted by Gasteiger charge is -2.15. The van der Waals surface area contributed by atoms with E-state index in [2.05, 4.69) is 82.8 Å². The highest BCUT2D eigenvalue weighted by molar-refractivity contribution is 9.26. The Morgan fingerprint density at radius 3 is 1.17 bits per heavy atom. The Morgan fingerprint density at radius 2 is 0.900 bits per heavy atom. The highest BCUT2D eigenvalue weighted by Crippen LogP contribution is 2.44. The van der Waals surface area contributed by atoms with Gasteiger partial charge in [0.25, 0.3) is 17.3 Å². The summed E-state index contributed by atoms with van der Waals surface area (Å²) in [5.74, 6) is 8.88. The first-order valence-corrected chi connectivity index (χ1v) is 26.2. The number of hydrogen-bond acceptors (Lipinski definition) is 4. The van der Waals surface area contributed by atoms with Gasteiger partial charge in [0.1, 0.15) is 0 Å². The third kappa shape index (κ3) is 18.9. The lowest BCUT2D eigenvalue weighted by atomic mass is 10.3. The van der Waals surface area contributed by atoms with Crippen LogP contribution < -0.4 is 0 Å². The zero-order valence-corrected chi connectivity index (χ0v) is 28.6. The van der Waals surface area contributed by atoms with Crippen molar-refractivity contribution in [2.75, 3.05) is 34.5 Å². The first-order valence-electron chi connectivity index (χ1n) is 12.5. The maximum atomic E-state index is 2.44. The Kier molecular flexibility index (Phi) is 26.7. The summed E-state index contributed by atoms with van der Waals surface area (Å²) in [6, 6.07) is 0. The second-order valence-corrected chi connectivity index (χ2v) is 28.5. The molecule has 0 saturated carbocycles. The minimum absolute atomic E-state index is 0.138. The molecule has 0 radical (unpaired) electrons. The average molecular weight is 565 g/mol. The van der Waals surface area contributed by atoms with E-state index >= 15 is 0 Å². The molecule has 0 aromatic rings. The highest BCUT2D eigenvalue weighted by Gasteiger charge is 2.23. The molecular formula is C22H52S6Si2+2. The third-order valence-electron chi connectivity index (χ3n) is 5.41. The molecule has 2 unspecified atom stereocenters. The molecule has 0 spiro atoms. The molecule has 30 heavy (non-hydrogen) atoms. The van der Waals surface area contributed by atoms with Crippen molar-refractivity contribution in [1.82, 2.24) is 0 Å². The Morgan fingerprint density at radius 1 is 0.567 bits per heavy atom. The van der Waals surface area contributed by atoms with E-state index in [1.165, 1.54) is 85.9 Å². The summed E-state index contributed by atoms with van der Waals surface area (Å²) in [5, 5.41) is 0. The van der Waals surface area contributed by atoms with Crippen LogP contribution in [-0.4, -0.2) is 51.9 Å². The molecule has 0 aromatic carbocycles. The molecule has 0 fully saturated rings. The van der Waals surface area contributed by atoms with Gasteiger partial charge < -0.3 is 0 Å². The SMILES string of the molecule is CCC[S+](CCC)[SiH2]C(CC)CCSSSSCCC(CC)[SiH2][S+](CCC)CCC. The first-order chi connectivity index (χ1) is 14.6. The van der Waals surface area contributed by atoms with Gasteiger partial charge >= 0.3 is 0 Å². The second-order valence-electron chi connectivity index (χ2n) is 8.28. The highest BCUT2D eigenvalue weighted by atomic mass is 33.7. The molecule has 0 heterocycles. The van der Waals surface area contributed by atoms with Crippen LogP contribution in [0.15, 0.2) is 0 Å². The van der Waals surface area contributed by atoms with Gasteiger partial charge in [0.15, 0.2) is 0 Å². The predicted molar refractivity (Wildman–Crippen MR) is 170 cm³/mol. The second kappa shape index (κ2) is 24.7. The molecule has 0 amide bonds. The summed E-state index contributed by atoms with van der Waals surface area (Å²) in [6.45, 7) is 14.4. The van der Waals surface area contributed by atoms with Crippen molar-refractivity contribution in [2.45, 2.75) is 104 Å². The summed E-state index contributed by atoms with van der Waals surface area (Å²) in [4.78, 5) is 0. The molecule has 2 atom stereocenters. The van der Waals surface area contributed by atoms with E-state index in [1.807, 2.05) is 0 Å². The summed E-state index contributed by atoms with van der Waals surface area (Å²) >= 11 is 0. The molecule has 0 aromatic heterocycles. The van der Waals surface area contributed by atoms with Crippen LogP contribution in [0.2, 0.25) is 11.1 Å². The Bertz CT molecular complexity index is 308. The van der Waals surface area contributed by atoms with Crippen molar-refractivity contribution in [3.8, 4) is 0 Å². The molecule has 0 aliphatic carbocycles. The summed E-state index contributed by atoms with van der Waals surface area (Å²) in [6.07, 6.45) is 11.5. The maximum Gasteiger partial charge on any atom is 0.269 e. The molecule has 0 aliphatic rings. The molecule has 0 nitrogen and oxygen atoms in total. The van der Waals surface area contributed by atoms with Crippen LogP contribution in [0.3, 0.4) is 0 Å². The zero-order valence-electron chi connectivity index (χ0n) is 20.9. The molecule has 0 bridgehead atoms. The topological polar surface area (TPSA) is 0 Å². The van der Waals surface area contributed by atoms with Gasteiger partial charge in [-0.1, -0.05) is 96.7 Å². The Balaban J connectivity index is 3.85. The van der Waals surface area contributed by atoms with E-state index in [9.17, 15) is 0 Å². The van der Waals surface area contributed by atoms with Crippen LogP contribution in [0.1, 0.15) is 92.9 Å². The van der Waals surface area contributed by atoms with Crippen LogP contribution in [-0.2, 0) is 20.7 Å². The molecule has 182 valence electrons. The Hall–Kier alpha value is 2.53. The summed E-state index contributed by atoms with van der Waals surface area (Å²) < 4.78 is 0. The maximum absolute atomic E-state index is 2.44. The predicted octanol–water partition coefficient (Wildman–Crippen LogP) is 7.89. The van der Waals surface area contributed by atoms with Gasteiger partial charge in [0.2, 0.25) is 0 Å². The monoisotopic (exact) mass is 564 g/mol. The zero-order chi connectivity index (χ0) is 22.5. The van der Waals surface area contributed by atoms with Gasteiger partial charge in [-0.15, -0.1) is 0 Å². The quantitative estimate of drug-likeness (QED) is 0.0535. The van der Waals surface area contributed by atoms with Gasteiger partial charge in [0.05, 0.1) is 23.0 Å². The number of rotatable bonds is 23. The van der Waals surface area contributed by atoms with E-state index in [-0.39, 0.29) is 17.3 Å². The third-order valence-corrected chi connectivity index (χ3v) is 28.9. The average Bonchev–Trinajstić information content (AvgIpc) is 2.74. The molecule has 0 saturated heterocycles. The van der Waals surface area contributed by atoms with Crippen LogP contribution in [0.4, 0.5) is 0 Å². The van der Waals surface area contributed by atoms with Crippen molar-refractivity contribution >= 4 is 79.3 Å². The van der Waals surface area contributed by atoms with Gasteiger partial charge in [-0.3, -0.25) is 0 Å². The van der Waals surface area contributed by atoms with Crippen LogP contribution in [0, 0.1) is 0 Å². The first kappa shape index (κ1) is 32.5. The molecular weight excluding hydrogens is 513 g/mol. The normalized spacial score (nSPS) is 14.8. The minimum atomic E-state index is 0.138. The lowest BCUT2D eigenvalue weighted by Crippen LogP contribution is -2.23. The molecule has 0 aliphatic heterocycles. The minimum Gasteiger partial charge on any atom is -0.0817 e. The number of hydrogen-bond donors (Lipinski definition) is 0. The smallest absolute Gasteiger partial charge is 0.0817 e. The van der Waals surface area contributed by atoms with Crippen molar-refractivity contribution < 1.29 is 0 Å². The summed E-state index contributed by atoms with van der Waals surface area (Å²) in [7, 11) is 10.3. The van der Waals surface area contributed by atoms with Crippen molar-refractivity contribution in [3.63, 3.8) is 0 Å². The van der Waals surface area contributed by atoms with E-state index < -0.39 is 0 Å². The van der Waals surface area contributed by atoms with Crippen LogP contribution >= 0.6 is 41.2 Å². The van der Waals surface area contributed by atoms with Gasteiger partial charge in [-0.05, 0) is 69.3 Å².